The van der Waals surface area contributed by atoms with Crippen LogP contribution in [0.25, 0.3) is 0 Å². The van der Waals surface area contributed by atoms with E-state index in [4.69, 9.17) is 24.7 Å². The van der Waals surface area contributed by atoms with Crippen molar-refractivity contribution in [2.24, 2.45) is 5.73 Å². The van der Waals surface area contributed by atoms with Gasteiger partial charge in [-0.2, -0.15) is 0 Å². The highest BCUT2D eigenvalue weighted by atomic mass is 16.6. The molecule has 0 spiro atoms. The van der Waals surface area contributed by atoms with Crippen LogP contribution in [0.3, 0.4) is 0 Å². The van der Waals surface area contributed by atoms with Gasteiger partial charge in [-0.25, -0.2) is 0 Å². The molecule has 2 N–H and O–H groups in total. The van der Waals surface area contributed by atoms with Gasteiger partial charge in [0.25, 0.3) is 0 Å². The molecule has 0 radical (unpaired) electrons. The lowest BCUT2D eigenvalue weighted by molar-refractivity contribution is 0.0427. The number of hydrogen-bond acceptors (Lipinski definition) is 5. The zero-order valence-electron chi connectivity index (χ0n) is 12.0. The van der Waals surface area contributed by atoms with Crippen molar-refractivity contribution in [1.82, 2.24) is 0 Å². The van der Waals surface area contributed by atoms with Crippen molar-refractivity contribution in [2.45, 2.75) is 19.4 Å². The number of ether oxygens (including phenoxy) is 4. The second-order valence-electron chi connectivity index (χ2n) is 4.70. The summed E-state index contributed by atoms with van der Waals surface area (Å²) < 4.78 is 21.9. The molecule has 0 aromatic heterocycles. The third kappa shape index (κ3) is 4.37. The van der Waals surface area contributed by atoms with E-state index in [0.29, 0.717) is 33.0 Å². The van der Waals surface area contributed by atoms with Crippen LogP contribution in [0.5, 0.6) is 11.5 Å². The lowest BCUT2D eigenvalue weighted by Gasteiger charge is -2.20. The first-order chi connectivity index (χ1) is 9.81. The largest absolute Gasteiger partial charge is 0.486 e. The van der Waals surface area contributed by atoms with Crippen molar-refractivity contribution in [3.8, 4) is 11.5 Å². The fraction of sp³-hybridized carbons (Fsp3) is 0.600. The fourth-order valence-corrected chi connectivity index (χ4v) is 1.96. The molecular weight excluding hydrogens is 258 g/mol. The summed E-state index contributed by atoms with van der Waals surface area (Å²) in [7, 11) is 0. The Bertz CT molecular complexity index is 411. The van der Waals surface area contributed by atoms with Gasteiger partial charge in [0, 0.05) is 6.61 Å². The van der Waals surface area contributed by atoms with Gasteiger partial charge >= 0.3 is 0 Å². The van der Waals surface area contributed by atoms with Gasteiger partial charge in [0.05, 0.1) is 25.9 Å². The molecule has 1 aliphatic heterocycles. The highest BCUT2D eigenvalue weighted by Gasteiger charge is 2.14. The van der Waals surface area contributed by atoms with Crippen molar-refractivity contribution >= 4 is 0 Å². The third-order valence-electron chi connectivity index (χ3n) is 3.01. The van der Waals surface area contributed by atoms with Crippen molar-refractivity contribution in [3.63, 3.8) is 0 Å². The minimum Gasteiger partial charge on any atom is -0.486 e. The number of fused-ring (bicyclic) bond motifs is 1. The van der Waals surface area contributed by atoms with E-state index >= 15 is 0 Å². The molecule has 0 amide bonds. The number of benzene rings is 1. The standard InChI is InChI=1S/C15H23NO4/c1-2-5-17-6-7-18-11-13(16)12-3-4-14-15(10-12)20-9-8-19-14/h3-4,10,13H,2,5-9,11,16H2,1H3. The molecule has 2 rings (SSSR count). The van der Waals surface area contributed by atoms with Gasteiger partial charge in [0.1, 0.15) is 13.2 Å². The summed E-state index contributed by atoms with van der Waals surface area (Å²) in [6.45, 7) is 5.68. The van der Waals surface area contributed by atoms with Gasteiger partial charge < -0.3 is 24.7 Å². The molecule has 1 aromatic carbocycles. The van der Waals surface area contributed by atoms with E-state index in [1.165, 1.54) is 0 Å². The molecule has 0 bridgehead atoms. The molecular formula is C15H23NO4. The molecule has 5 nitrogen and oxygen atoms in total. The molecule has 0 fully saturated rings. The lowest BCUT2D eigenvalue weighted by atomic mass is 10.1. The molecule has 1 atom stereocenters. The van der Waals surface area contributed by atoms with Crippen LogP contribution in [0.4, 0.5) is 0 Å². The molecule has 0 saturated heterocycles. The van der Waals surface area contributed by atoms with Crippen molar-refractivity contribution in [1.29, 1.82) is 0 Å². The molecule has 20 heavy (non-hydrogen) atoms. The monoisotopic (exact) mass is 281 g/mol. The lowest BCUT2D eigenvalue weighted by Crippen LogP contribution is -2.20. The average molecular weight is 281 g/mol. The zero-order valence-corrected chi connectivity index (χ0v) is 12.0. The van der Waals surface area contributed by atoms with Crippen LogP contribution in [0, 0.1) is 0 Å². The van der Waals surface area contributed by atoms with Crippen molar-refractivity contribution in [3.05, 3.63) is 23.8 Å². The Morgan fingerprint density at radius 1 is 1.10 bits per heavy atom. The molecule has 0 aliphatic carbocycles. The van der Waals surface area contributed by atoms with Crippen LogP contribution in [0.2, 0.25) is 0 Å². The first-order valence-electron chi connectivity index (χ1n) is 7.12. The zero-order chi connectivity index (χ0) is 14.2. The summed E-state index contributed by atoms with van der Waals surface area (Å²) in [5.74, 6) is 1.54. The van der Waals surface area contributed by atoms with Crippen LogP contribution in [-0.2, 0) is 9.47 Å². The summed E-state index contributed by atoms with van der Waals surface area (Å²) in [6, 6.07) is 5.61. The van der Waals surface area contributed by atoms with Crippen molar-refractivity contribution in [2.75, 3.05) is 39.6 Å². The van der Waals surface area contributed by atoms with E-state index in [1.54, 1.807) is 0 Å². The van der Waals surface area contributed by atoms with Gasteiger partial charge in [0.15, 0.2) is 11.5 Å². The predicted octanol–water partition coefficient (Wildman–Crippen LogP) is 1.90. The van der Waals surface area contributed by atoms with E-state index < -0.39 is 0 Å². The maximum absolute atomic E-state index is 6.11. The normalized spacial score (nSPS) is 15.1. The van der Waals surface area contributed by atoms with Gasteiger partial charge in [0.2, 0.25) is 0 Å². The van der Waals surface area contributed by atoms with E-state index in [-0.39, 0.29) is 6.04 Å². The minimum absolute atomic E-state index is 0.169. The molecule has 1 heterocycles. The fourth-order valence-electron chi connectivity index (χ4n) is 1.96. The topological polar surface area (TPSA) is 62.9 Å². The number of rotatable bonds is 8. The highest BCUT2D eigenvalue weighted by molar-refractivity contribution is 5.44. The van der Waals surface area contributed by atoms with Crippen LogP contribution < -0.4 is 15.2 Å². The number of hydrogen-bond donors (Lipinski definition) is 1. The second kappa shape index (κ2) is 8.09. The molecule has 0 saturated carbocycles. The van der Waals surface area contributed by atoms with Gasteiger partial charge in [-0.05, 0) is 24.1 Å². The molecule has 112 valence electrons. The molecule has 1 unspecified atom stereocenters. The first kappa shape index (κ1) is 15.1. The first-order valence-corrected chi connectivity index (χ1v) is 7.12. The Hall–Kier alpha value is -1.30. The summed E-state index contributed by atoms with van der Waals surface area (Å²) >= 11 is 0. The van der Waals surface area contributed by atoms with Crippen LogP contribution in [0.1, 0.15) is 24.9 Å². The maximum Gasteiger partial charge on any atom is 0.161 e. The van der Waals surface area contributed by atoms with Gasteiger partial charge in [-0.1, -0.05) is 13.0 Å². The summed E-state index contributed by atoms with van der Waals surface area (Å²) in [6.07, 6.45) is 1.02. The van der Waals surface area contributed by atoms with Crippen LogP contribution in [0.15, 0.2) is 18.2 Å². The van der Waals surface area contributed by atoms with E-state index in [1.807, 2.05) is 18.2 Å². The molecule has 5 heteroatoms. The Morgan fingerprint density at radius 2 is 1.85 bits per heavy atom. The summed E-state index contributed by atoms with van der Waals surface area (Å²) in [5, 5.41) is 0. The van der Waals surface area contributed by atoms with E-state index in [9.17, 15) is 0 Å². The Kier molecular flexibility index (Phi) is 6.11. The van der Waals surface area contributed by atoms with Crippen molar-refractivity contribution < 1.29 is 18.9 Å². The smallest absolute Gasteiger partial charge is 0.161 e. The SMILES string of the molecule is CCCOCCOCC(N)c1ccc2c(c1)OCCO2. The highest BCUT2D eigenvalue weighted by Crippen LogP contribution is 2.32. The third-order valence-corrected chi connectivity index (χ3v) is 3.01. The number of nitrogens with two attached hydrogens (primary N) is 1. The van der Waals surface area contributed by atoms with E-state index in [2.05, 4.69) is 6.92 Å². The molecule has 1 aromatic rings. The second-order valence-corrected chi connectivity index (χ2v) is 4.70. The summed E-state index contributed by atoms with van der Waals surface area (Å²) in [4.78, 5) is 0. The Labute approximate surface area is 120 Å². The van der Waals surface area contributed by atoms with Crippen LogP contribution in [-0.4, -0.2) is 39.6 Å². The Balaban J connectivity index is 1.76. The van der Waals surface area contributed by atoms with Gasteiger partial charge in [-0.3, -0.25) is 0 Å². The quantitative estimate of drug-likeness (QED) is 0.737. The maximum atomic E-state index is 6.11. The van der Waals surface area contributed by atoms with Gasteiger partial charge in [-0.15, -0.1) is 0 Å². The Morgan fingerprint density at radius 3 is 2.65 bits per heavy atom. The minimum atomic E-state index is -0.169. The predicted molar refractivity (Wildman–Crippen MR) is 76.3 cm³/mol. The van der Waals surface area contributed by atoms with E-state index in [0.717, 1.165) is 30.1 Å². The molecule has 1 aliphatic rings. The summed E-state index contributed by atoms with van der Waals surface area (Å²) in [5.41, 5.74) is 7.10. The average Bonchev–Trinajstić information content (AvgIpc) is 2.50. The van der Waals surface area contributed by atoms with Crippen LogP contribution >= 0.6 is 0 Å².